The van der Waals surface area contributed by atoms with E-state index < -0.39 is 0 Å². The van der Waals surface area contributed by atoms with E-state index in [1.54, 1.807) is 24.3 Å². The maximum Gasteiger partial charge on any atom is 0.325 e. The lowest BCUT2D eigenvalue weighted by Crippen LogP contribution is -2.18. The van der Waals surface area contributed by atoms with Crippen molar-refractivity contribution in [2.24, 2.45) is 0 Å². The van der Waals surface area contributed by atoms with Crippen molar-refractivity contribution in [1.82, 2.24) is 15.0 Å². The number of benzene rings is 1. The summed E-state index contributed by atoms with van der Waals surface area (Å²) < 4.78 is 0.769. The molecule has 1 aromatic carbocycles. The fourth-order valence-corrected chi connectivity index (χ4v) is 2.58. The van der Waals surface area contributed by atoms with Gasteiger partial charge in [-0.15, -0.1) is 0 Å². The highest BCUT2D eigenvalue weighted by Gasteiger charge is 2.10. The Kier molecular flexibility index (Phi) is 4.94. The number of hydrogen-bond donors (Lipinski definition) is 4. The lowest BCUT2D eigenvalue weighted by molar-refractivity contribution is -0.121. The monoisotopic (exact) mass is 403 g/mol. The van der Waals surface area contributed by atoms with E-state index in [0.29, 0.717) is 22.7 Å². The summed E-state index contributed by atoms with van der Waals surface area (Å²) in [5.41, 5.74) is 1.19. The van der Waals surface area contributed by atoms with Crippen molar-refractivity contribution in [3.63, 3.8) is 0 Å². The molecule has 0 saturated carbocycles. The number of amides is 2. The van der Waals surface area contributed by atoms with Crippen LogP contribution >= 0.6 is 15.9 Å². The molecule has 0 aliphatic heterocycles. The number of halogens is 1. The lowest BCUT2D eigenvalue weighted by atomic mass is 10.2. The first-order chi connectivity index (χ1) is 12.0. The van der Waals surface area contributed by atoms with E-state index >= 15 is 0 Å². The van der Waals surface area contributed by atoms with Crippen LogP contribution in [0, 0.1) is 0 Å². The number of imidazole rings is 1. The van der Waals surface area contributed by atoms with Crippen molar-refractivity contribution in [2.45, 2.75) is 12.8 Å². The zero-order chi connectivity index (χ0) is 17.8. The Balaban J connectivity index is 1.54. The average molecular weight is 404 g/mol. The molecule has 0 spiro atoms. The fourth-order valence-electron chi connectivity index (χ4n) is 2.19. The Hall–Kier alpha value is -2.94. The van der Waals surface area contributed by atoms with Gasteiger partial charge in [0.25, 0.3) is 0 Å². The molecule has 0 aliphatic carbocycles. The third-order valence-electron chi connectivity index (χ3n) is 3.37. The molecule has 2 amide bonds. The SMILES string of the molecule is O=C(CCC(=O)Nc1ccccc1Br)Nc1ccc2[nH]c(=O)[nH]c2n1. The molecule has 0 aliphatic rings. The second-order valence-electron chi connectivity index (χ2n) is 5.25. The summed E-state index contributed by atoms with van der Waals surface area (Å²) in [7, 11) is 0. The number of nitrogens with zero attached hydrogens (tertiary/aromatic N) is 1. The minimum Gasteiger partial charge on any atom is -0.325 e. The smallest absolute Gasteiger partial charge is 0.325 e. The number of carbonyl (C=O) groups excluding carboxylic acids is 2. The number of H-pyrrole nitrogens is 2. The van der Waals surface area contributed by atoms with Gasteiger partial charge in [0.1, 0.15) is 5.82 Å². The molecule has 0 bridgehead atoms. The van der Waals surface area contributed by atoms with Gasteiger partial charge >= 0.3 is 5.69 Å². The third-order valence-corrected chi connectivity index (χ3v) is 4.06. The molecule has 9 heteroatoms. The number of aromatic amines is 2. The Morgan fingerprint density at radius 1 is 1.00 bits per heavy atom. The van der Waals surface area contributed by atoms with E-state index in [-0.39, 0.29) is 30.3 Å². The van der Waals surface area contributed by atoms with Crippen LogP contribution in [-0.4, -0.2) is 26.8 Å². The highest BCUT2D eigenvalue weighted by atomic mass is 79.9. The first-order valence-corrected chi connectivity index (χ1v) is 8.24. The molecule has 3 rings (SSSR count). The Morgan fingerprint density at radius 3 is 2.48 bits per heavy atom. The number of rotatable bonds is 5. The number of hydrogen-bond acceptors (Lipinski definition) is 4. The van der Waals surface area contributed by atoms with Gasteiger partial charge in [0.2, 0.25) is 11.8 Å². The van der Waals surface area contributed by atoms with Crippen molar-refractivity contribution >= 4 is 50.4 Å². The van der Waals surface area contributed by atoms with Crippen LogP contribution in [-0.2, 0) is 9.59 Å². The summed E-state index contributed by atoms with van der Waals surface area (Å²) in [6, 6.07) is 10.4. The zero-order valence-corrected chi connectivity index (χ0v) is 14.5. The quantitative estimate of drug-likeness (QED) is 0.522. The average Bonchev–Trinajstić information content (AvgIpc) is 2.94. The van der Waals surface area contributed by atoms with Gasteiger partial charge in [0, 0.05) is 17.3 Å². The van der Waals surface area contributed by atoms with E-state index in [4.69, 9.17) is 0 Å². The van der Waals surface area contributed by atoms with Crippen molar-refractivity contribution in [3.05, 3.63) is 51.4 Å². The molecule has 8 nitrogen and oxygen atoms in total. The highest BCUT2D eigenvalue weighted by Crippen LogP contribution is 2.21. The number of anilines is 2. The predicted octanol–water partition coefficient (Wildman–Crippen LogP) is 2.37. The first kappa shape index (κ1) is 16.9. The lowest BCUT2D eigenvalue weighted by Gasteiger charge is -2.07. The fraction of sp³-hybridized carbons (Fsp3) is 0.125. The topological polar surface area (TPSA) is 120 Å². The summed E-state index contributed by atoms with van der Waals surface area (Å²) in [6.45, 7) is 0. The summed E-state index contributed by atoms with van der Waals surface area (Å²) in [5.74, 6) is -0.300. The second kappa shape index (κ2) is 7.31. The van der Waals surface area contributed by atoms with E-state index in [1.807, 2.05) is 12.1 Å². The molecule has 3 aromatic rings. The predicted molar refractivity (Wildman–Crippen MR) is 97.3 cm³/mol. The second-order valence-corrected chi connectivity index (χ2v) is 6.10. The molecule has 2 aromatic heterocycles. The largest absolute Gasteiger partial charge is 0.325 e. The molecule has 2 heterocycles. The number of carbonyl (C=O) groups is 2. The Morgan fingerprint density at radius 2 is 1.72 bits per heavy atom. The van der Waals surface area contributed by atoms with Gasteiger partial charge < -0.3 is 15.6 Å². The van der Waals surface area contributed by atoms with Gasteiger partial charge in [-0.3, -0.25) is 14.6 Å². The maximum absolute atomic E-state index is 12.0. The Bertz CT molecular complexity index is 995. The molecule has 0 radical (unpaired) electrons. The number of pyridine rings is 1. The maximum atomic E-state index is 12.0. The zero-order valence-electron chi connectivity index (χ0n) is 12.9. The minimum atomic E-state index is -0.366. The minimum absolute atomic E-state index is 0.0136. The van der Waals surface area contributed by atoms with Crippen LogP contribution < -0.4 is 16.3 Å². The molecular weight excluding hydrogens is 390 g/mol. The number of aromatic nitrogens is 3. The number of fused-ring (bicyclic) bond motifs is 1. The van der Waals surface area contributed by atoms with Crippen molar-refractivity contribution in [2.75, 3.05) is 10.6 Å². The van der Waals surface area contributed by atoms with Gasteiger partial charge in [0.15, 0.2) is 5.65 Å². The van der Waals surface area contributed by atoms with Crippen LogP contribution in [0.3, 0.4) is 0 Å². The van der Waals surface area contributed by atoms with Crippen molar-refractivity contribution in [1.29, 1.82) is 0 Å². The van der Waals surface area contributed by atoms with Crippen molar-refractivity contribution < 1.29 is 9.59 Å². The van der Waals surface area contributed by atoms with Crippen LogP contribution in [0.1, 0.15) is 12.8 Å². The van der Waals surface area contributed by atoms with Gasteiger partial charge in [-0.2, -0.15) is 0 Å². The van der Waals surface area contributed by atoms with E-state index in [0.717, 1.165) is 4.47 Å². The van der Waals surface area contributed by atoms with Gasteiger partial charge in [-0.1, -0.05) is 12.1 Å². The molecule has 0 atom stereocenters. The molecule has 128 valence electrons. The van der Waals surface area contributed by atoms with E-state index in [2.05, 4.69) is 41.5 Å². The van der Waals surface area contributed by atoms with Gasteiger partial charge in [-0.05, 0) is 40.2 Å². The van der Waals surface area contributed by atoms with Crippen molar-refractivity contribution in [3.8, 4) is 0 Å². The molecule has 4 N–H and O–H groups in total. The van der Waals surface area contributed by atoms with E-state index in [9.17, 15) is 14.4 Å². The van der Waals surface area contributed by atoms with Crippen LogP contribution in [0.4, 0.5) is 11.5 Å². The summed E-state index contributed by atoms with van der Waals surface area (Å²) in [5, 5.41) is 5.33. The van der Waals surface area contributed by atoms with Crippen LogP contribution in [0.25, 0.3) is 11.2 Å². The number of para-hydroxylation sites is 1. The van der Waals surface area contributed by atoms with Gasteiger partial charge in [0.05, 0.1) is 11.2 Å². The first-order valence-electron chi connectivity index (χ1n) is 7.44. The molecule has 0 saturated heterocycles. The van der Waals surface area contributed by atoms with Crippen LogP contribution in [0.15, 0.2) is 45.7 Å². The molecule has 25 heavy (non-hydrogen) atoms. The summed E-state index contributed by atoms with van der Waals surface area (Å²) >= 11 is 3.34. The molecule has 0 fully saturated rings. The molecular formula is C16H14BrN5O3. The van der Waals surface area contributed by atoms with E-state index in [1.165, 1.54) is 0 Å². The Labute approximate surface area is 150 Å². The summed E-state index contributed by atoms with van der Waals surface area (Å²) in [4.78, 5) is 44.3. The number of nitrogens with one attached hydrogen (secondary N) is 4. The van der Waals surface area contributed by atoms with Gasteiger partial charge in [-0.25, -0.2) is 9.78 Å². The van der Waals surface area contributed by atoms with Crippen LogP contribution in [0.2, 0.25) is 0 Å². The highest BCUT2D eigenvalue weighted by molar-refractivity contribution is 9.10. The third kappa shape index (κ3) is 4.32. The van der Waals surface area contributed by atoms with Crippen LogP contribution in [0.5, 0.6) is 0 Å². The standard InChI is InChI=1S/C16H14BrN5O3/c17-9-3-1-2-4-10(9)18-13(23)7-8-14(24)20-12-6-5-11-15(21-12)22-16(25)19-11/h1-6H,7-8H2,(H,18,23)(H3,19,20,21,22,24,25). The summed E-state index contributed by atoms with van der Waals surface area (Å²) in [6.07, 6.45) is 0.0516. The molecule has 0 unspecified atom stereocenters. The normalized spacial score (nSPS) is 10.6.